The van der Waals surface area contributed by atoms with E-state index >= 15 is 0 Å². The van der Waals surface area contributed by atoms with E-state index in [1.807, 2.05) is 18.4 Å². The second-order valence-corrected chi connectivity index (χ2v) is 9.54. The first-order valence-electron chi connectivity index (χ1n) is 9.47. The summed E-state index contributed by atoms with van der Waals surface area (Å²) in [4.78, 5) is 24.9. The van der Waals surface area contributed by atoms with Gasteiger partial charge in [0, 0.05) is 5.54 Å². The Morgan fingerprint density at radius 1 is 1.07 bits per heavy atom. The molecule has 1 aliphatic carbocycles. The number of anilines is 3. The molecule has 0 aromatic heterocycles. The van der Waals surface area contributed by atoms with Crippen LogP contribution in [0.2, 0.25) is 5.02 Å². The van der Waals surface area contributed by atoms with E-state index in [1.165, 1.54) is 24.8 Å². The smallest absolute Gasteiger partial charge is 0.253 e. The topological polar surface area (TPSA) is 81.7 Å². The third-order valence-corrected chi connectivity index (χ3v) is 6.55. The predicted molar refractivity (Wildman–Crippen MR) is 117 cm³/mol. The van der Waals surface area contributed by atoms with E-state index < -0.39 is 10.9 Å². The van der Waals surface area contributed by atoms with Crippen molar-refractivity contribution < 1.29 is 5.11 Å². The van der Waals surface area contributed by atoms with Crippen LogP contribution in [0.5, 0.6) is 5.75 Å². The molecule has 8 heteroatoms. The number of halogens is 1. The summed E-state index contributed by atoms with van der Waals surface area (Å²) in [5.41, 5.74) is -0.433. The van der Waals surface area contributed by atoms with Crippen molar-refractivity contribution in [3.05, 3.63) is 37.6 Å². The van der Waals surface area contributed by atoms with Crippen LogP contribution in [-0.4, -0.2) is 29.0 Å². The number of hydrogen-bond donors (Lipinski definition) is 3. The fourth-order valence-corrected chi connectivity index (χ4v) is 4.59. The van der Waals surface area contributed by atoms with Gasteiger partial charge in [-0.05, 0) is 57.9 Å². The molecule has 1 saturated carbocycles. The lowest BCUT2D eigenvalue weighted by Crippen LogP contribution is -2.43. The quantitative estimate of drug-likeness (QED) is 0.273. The van der Waals surface area contributed by atoms with Crippen LogP contribution < -0.4 is 21.5 Å². The summed E-state index contributed by atoms with van der Waals surface area (Å²) in [7, 11) is 3.68. The van der Waals surface area contributed by atoms with Gasteiger partial charge in [-0.3, -0.25) is 13.9 Å². The summed E-state index contributed by atoms with van der Waals surface area (Å²) in [6, 6.07) is 3.26. The van der Waals surface area contributed by atoms with Crippen LogP contribution in [-0.2, 0) is 0 Å². The van der Waals surface area contributed by atoms with Crippen LogP contribution in [0.4, 0.5) is 17.1 Å². The third-order valence-electron chi connectivity index (χ3n) is 5.16. The van der Waals surface area contributed by atoms with Crippen molar-refractivity contribution in [2.45, 2.75) is 55.9 Å². The zero-order valence-electron chi connectivity index (χ0n) is 16.4. The Labute approximate surface area is 174 Å². The summed E-state index contributed by atoms with van der Waals surface area (Å²) in [5, 5.41) is 17.3. The fraction of sp³-hybridized carbons (Fsp3) is 0.500. The van der Waals surface area contributed by atoms with Crippen LogP contribution in [0.25, 0.3) is 0 Å². The van der Waals surface area contributed by atoms with Crippen molar-refractivity contribution >= 4 is 40.6 Å². The van der Waals surface area contributed by atoms with Gasteiger partial charge in [-0.2, -0.15) is 0 Å². The maximum atomic E-state index is 12.2. The van der Waals surface area contributed by atoms with Crippen molar-refractivity contribution in [3.63, 3.8) is 0 Å². The van der Waals surface area contributed by atoms with Gasteiger partial charge >= 0.3 is 0 Å². The van der Waals surface area contributed by atoms with Gasteiger partial charge in [0.2, 0.25) is 0 Å². The largest absolute Gasteiger partial charge is 0.505 e. The number of nitrogens with zero attached hydrogens (tertiary/aromatic N) is 1. The van der Waals surface area contributed by atoms with Crippen LogP contribution in [0.15, 0.2) is 26.6 Å². The van der Waals surface area contributed by atoms with Crippen LogP contribution in [0.3, 0.4) is 0 Å². The minimum Gasteiger partial charge on any atom is -0.505 e. The highest BCUT2D eigenvalue weighted by atomic mass is 35.5. The van der Waals surface area contributed by atoms with Crippen LogP contribution >= 0.6 is 23.5 Å². The zero-order valence-corrected chi connectivity index (χ0v) is 18.0. The minimum atomic E-state index is -0.573. The molecule has 3 N–H and O–H groups in total. The first kappa shape index (κ1) is 21.0. The number of benzene rings is 1. The third kappa shape index (κ3) is 4.31. The Kier molecular flexibility index (Phi) is 6.27. The van der Waals surface area contributed by atoms with Gasteiger partial charge in [-0.1, -0.05) is 37.3 Å². The first-order chi connectivity index (χ1) is 13.2. The van der Waals surface area contributed by atoms with E-state index in [0.717, 1.165) is 25.7 Å². The average Bonchev–Trinajstić information content (AvgIpc) is 2.87. The van der Waals surface area contributed by atoms with Gasteiger partial charge in [0.05, 0.1) is 15.6 Å². The lowest BCUT2D eigenvalue weighted by Gasteiger charge is -2.32. The molecule has 0 radical (unpaired) electrons. The molecule has 2 aromatic carbocycles. The monoisotopic (exact) mass is 423 g/mol. The van der Waals surface area contributed by atoms with Gasteiger partial charge < -0.3 is 15.7 Å². The van der Waals surface area contributed by atoms with Crippen LogP contribution in [0.1, 0.15) is 45.4 Å². The van der Waals surface area contributed by atoms with E-state index in [-0.39, 0.29) is 17.0 Å². The molecular weight excluding hydrogens is 398 g/mol. The molecule has 3 rings (SSSR count). The predicted octanol–water partition coefficient (Wildman–Crippen LogP) is 4.48. The summed E-state index contributed by atoms with van der Waals surface area (Å²) in [5.74, 6) is -0.0501. The molecule has 28 heavy (non-hydrogen) atoms. The second-order valence-electron chi connectivity index (χ2n) is 7.81. The summed E-state index contributed by atoms with van der Waals surface area (Å²) in [6.07, 6.45) is 6.51. The van der Waals surface area contributed by atoms with E-state index in [4.69, 9.17) is 11.6 Å². The van der Waals surface area contributed by atoms with Gasteiger partial charge in [0.1, 0.15) is 11.4 Å². The molecule has 0 spiro atoms. The van der Waals surface area contributed by atoms with Crippen molar-refractivity contribution in [2.24, 2.45) is 0 Å². The van der Waals surface area contributed by atoms with Crippen molar-refractivity contribution in [1.82, 2.24) is 4.31 Å². The van der Waals surface area contributed by atoms with E-state index in [2.05, 4.69) is 17.6 Å². The molecule has 152 valence electrons. The molecule has 0 bridgehead atoms. The van der Waals surface area contributed by atoms with Gasteiger partial charge in [-0.15, -0.1) is 0 Å². The molecule has 1 aliphatic rings. The van der Waals surface area contributed by atoms with Crippen molar-refractivity contribution in [1.29, 1.82) is 0 Å². The summed E-state index contributed by atoms with van der Waals surface area (Å²) in [6.45, 7) is 2.10. The number of phenolic OH excluding ortho intramolecular Hbond substituents is 1. The van der Waals surface area contributed by atoms with Crippen LogP contribution in [0, 0.1) is 0 Å². The lowest BCUT2D eigenvalue weighted by atomic mass is 9.91. The van der Waals surface area contributed by atoms with Gasteiger partial charge in [0.25, 0.3) is 10.9 Å². The second kappa shape index (κ2) is 8.35. The average molecular weight is 424 g/mol. The molecule has 0 aliphatic heterocycles. The number of phenols is 1. The Bertz CT molecular complexity index is 930. The zero-order chi connectivity index (χ0) is 20.5. The lowest BCUT2D eigenvalue weighted by molar-refractivity contribution is 0.446. The molecule has 0 amide bonds. The molecule has 0 atom stereocenters. The maximum absolute atomic E-state index is 12.2. The maximum Gasteiger partial charge on any atom is 0.253 e. The molecule has 0 saturated heterocycles. The summed E-state index contributed by atoms with van der Waals surface area (Å²) < 4.78 is 1.81. The Balaban J connectivity index is 1.88. The highest BCUT2D eigenvalue weighted by Crippen LogP contribution is 2.42. The standard InChI is InChI=1S/C20H26ClN3O3S/c1-20(10-6-4-5-7-11-20)23-15-14(17(26)18(15)27)22-13-9-8-12(21)19(16(13)25)28-24(2)3/h8-9,22-23,25H,4-7,10-11H2,1-3H3. The van der Waals surface area contributed by atoms with E-state index in [1.54, 1.807) is 12.1 Å². The van der Waals surface area contributed by atoms with Gasteiger partial charge in [0.15, 0.2) is 5.75 Å². The minimum absolute atomic E-state index is 0.0501. The van der Waals surface area contributed by atoms with Gasteiger partial charge in [-0.25, -0.2) is 0 Å². The fourth-order valence-electron chi connectivity index (χ4n) is 3.62. The summed E-state index contributed by atoms with van der Waals surface area (Å²) >= 11 is 7.47. The molecule has 2 aromatic rings. The number of nitrogens with one attached hydrogen (secondary N) is 2. The Hall–Kier alpha value is -1.70. The molecule has 6 nitrogen and oxygen atoms in total. The SMILES string of the molecule is CN(C)Sc1c(Cl)ccc(Nc2c(NC3(C)CCCCCC3)c(=O)c2=O)c1O. The van der Waals surface area contributed by atoms with Crippen molar-refractivity contribution in [3.8, 4) is 5.75 Å². The molecule has 1 fully saturated rings. The van der Waals surface area contributed by atoms with E-state index in [0.29, 0.717) is 21.3 Å². The number of hydrogen-bond acceptors (Lipinski definition) is 7. The van der Waals surface area contributed by atoms with E-state index in [9.17, 15) is 14.7 Å². The molecular formula is C20H26ClN3O3S. The highest BCUT2D eigenvalue weighted by Gasteiger charge is 2.31. The normalized spacial score (nSPS) is 16.9. The van der Waals surface area contributed by atoms with Crippen molar-refractivity contribution in [2.75, 3.05) is 24.7 Å². The number of rotatable bonds is 6. The molecule has 0 unspecified atom stereocenters. The Morgan fingerprint density at radius 3 is 2.29 bits per heavy atom. The Morgan fingerprint density at radius 2 is 1.68 bits per heavy atom. The first-order valence-corrected chi connectivity index (χ1v) is 10.6. The highest BCUT2D eigenvalue weighted by molar-refractivity contribution is 7.97. The molecule has 0 heterocycles. The number of aromatic hydroxyl groups is 1.